The van der Waals surface area contributed by atoms with Gasteiger partial charge in [-0.25, -0.2) is 4.98 Å². The maximum absolute atomic E-state index is 6.19. The molecule has 0 amide bonds. The number of anilines is 1. The van der Waals surface area contributed by atoms with E-state index < -0.39 is 0 Å². The van der Waals surface area contributed by atoms with Crippen molar-refractivity contribution in [2.24, 2.45) is 0 Å². The molecule has 3 rings (SSSR count). The van der Waals surface area contributed by atoms with Crippen molar-refractivity contribution in [3.05, 3.63) is 40.2 Å². The lowest BCUT2D eigenvalue weighted by Gasteiger charge is -2.04. The van der Waals surface area contributed by atoms with Crippen LogP contribution in [-0.2, 0) is 0 Å². The molecule has 18 heavy (non-hydrogen) atoms. The molecule has 0 atom stereocenters. The number of nitrogens with two attached hydrogens (primary N) is 1. The van der Waals surface area contributed by atoms with Crippen LogP contribution in [0.5, 0.6) is 0 Å². The highest BCUT2D eigenvalue weighted by molar-refractivity contribution is 9.10. The average molecular weight is 306 g/mol. The molecule has 0 unspecified atom stereocenters. The van der Waals surface area contributed by atoms with Crippen LogP contribution >= 0.6 is 15.9 Å². The van der Waals surface area contributed by atoms with E-state index in [4.69, 9.17) is 10.2 Å². The van der Waals surface area contributed by atoms with E-state index in [1.54, 1.807) is 6.26 Å². The lowest BCUT2D eigenvalue weighted by atomic mass is 10.2. The molecular formula is C13H12BrN3O. The molecule has 5 heteroatoms. The zero-order chi connectivity index (χ0) is 12.9. The van der Waals surface area contributed by atoms with Gasteiger partial charge in [0.1, 0.15) is 17.2 Å². The Hall–Kier alpha value is -1.75. The number of pyridine rings is 1. The normalized spacial score (nSPS) is 11.3. The number of rotatable bonds is 1. The number of furan rings is 1. The first kappa shape index (κ1) is 11.3. The fourth-order valence-corrected chi connectivity index (χ4v) is 2.38. The van der Waals surface area contributed by atoms with Crippen LogP contribution in [0.15, 0.2) is 33.4 Å². The van der Waals surface area contributed by atoms with Crippen LogP contribution in [0.2, 0.25) is 0 Å². The molecule has 0 bridgehead atoms. The van der Waals surface area contributed by atoms with Crippen molar-refractivity contribution in [3.63, 3.8) is 0 Å². The van der Waals surface area contributed by atoms with Gasteiger partial charge in [-0.1, -0.05) is 0 Å². The molecule has 3 aromatic heterocycles. The summed E-state index contributed by atoms with van der Waals surface area (Å²) in [7, 11) is 0. The Morgan fingerprint density at radius 1 is 1.28 bits per heavy atom. The van der Waals surface area contributed by atoms with Crippen LogP contribution in [-0.4, -0.2) is 9.38 Å². The van der Waals surface area contributed by atoms with Gasteiger partial charge in [0.15, 0.2) is 5.76 Å². The van der Waals surface area contributed by atoms with Gasteiger partial charge in [0, 0.05) is 10.2 Å². The number of nitrogen functional groups attached to an aromatic ring is 1. The Bertz CT molecular complexity index is 742. The fourth-order valence-electron chi connectivity index (χ4n) is 2.07. The van der Waals surface area contributed by atoms with Crippen molar-refractivity contribution >= 4 is 27.4 Å². The van der Waals surface area contributed by atoms with E-state index in [-0.39, 0.29) is 0 Å². The summed E-state index contributed by atoms with van der Waals surface area (Å²) in [6.45, 7) is 3.97. The van der Waals surface area contributed by atoms with Crippen LogP contribution in [0.4, 0.5) is 5.82 Å². The maximum atomic E-state index is 6.19. The zero-order valence-electron chi connectivity index (χ0n) is 10.1. The van der Waals surface area contributed by atoms with Crippen molar-refractivity contribution in [2.45, 2.75) is 13.8 Å². The van der Waals surface area contributed by atoms with Gasteiger partial charge in [-0.15, -0.1) is 0 Å². The minimum Gasteiger partial charge on any atom is -0.462 e. The second-order valence-electron chi connectivity index (χ2n) is 4.24. The van der Waals surface area contributed by atoms with Crippen LogP contribution in [0, 0.1) is 13.8 Å². The lowest BCUT2D eigenvalue weighted by Crippen LogP contribution is -1.98. The molecule has 4 nitrogen and oxygen atoms in total. The molecule has 3 aromatic rings. The molecule has 0 aliphatic rings. The van der Waals surface area contributed by atoms with Crippen molar-refractivity contribution < 1.29 is 4.42 Å². The molecule has 0 radical (unpaired) electrons. The van der Waals surface area contributed by atoms with Crippen LogP contribution in [0.3, 0.4) is 0 Å². The number of hydrogen-bond donors (Lipinski definition) is 1. The number of nitrogens with zero attached hydrogens (tertiary/aromatic N) is 2. The molecule has 0 aromatic carbocycles. The predicted octanol–water partition coefficient (Wildman–Crippen LogP) is 3.56. The number of aryl methyl sites for hydroxylation is 2. The highest BCUT2D eigenvalue weighted by Crippen LogP contribution is 2.31. The van der Waals surface area contributed by atoms with E-state index in [1.165, 1.54) is 0 Å². The first-order valence-electron chi connectivity index (χ1n) is 5.57. The average Bonchev–Trinajstić information content (AvgIpc) is 2.89. The number of halogens is 1. The van der Waals surface area contributed by atoms with E-state index in [2.05, 4.69) is 20.9 Å². The van der Waals surface area contributed by atoms with Crippen LogP contribution in [0.1, 0.15) is 11.3 Å². The quantitative estimate of drug-likeness (QED) is 0.748. The molecule has 0 saturated carbocycles. The van der Waals surface area contributed by atoms with Gasteiger partial charge in [-0.3, -0.25) is 4.40 Å². The topological polar surface area (TPSA) is 56.5 Å². The third-order valence-electron chi connectivity index (χ3n) is 3.08. The Kier molecular flexibility index (Phi) is 2.45. The van der Waals surface area contributed by atoms with E-state index in [0.717, 1.165) is 27.1 Å². The molecule has 3 heterocycles. The summed E-state index contributed by atoms with van der Waals surface area (Å²) in [5, 5.41) is 0. The van der Waals surface area contributed by atoms with E-state index in [9.17, 15) is 0 Å². The standard InChI is InChI=1S/C13H12BrN3O/c1-7-5-6-18-12(7)11-13(15)17-8(2)9(14)3-4-10(17)16-11/h3-6H,15H2,1-2H3. The Morgan fingerprint density at radius 2 is 2.06 bits per heavy atom. The fraction of sp³-hybridized carbons (Fsp3) is 0.154. The van der Waals surface area contributed by atoms with Gasteiger partial charge in [-0.2, -0.15) is 0 Å². The Labute approximate surface area is 113 Å². The summed E-state index contributed by atoms with van der Waals surface area (Å²) in [6.07, 6.45) is 1.65. The summed E-state index contributed by atoms with van der Waals surface area (Å²) in [4.78, 5) is 4.54. The SMILES string of the molecule is Cc1ccoc1-c1nc2ccc(Br)c(C)n2c1N. The van der Waals surface area contributed by atoms with Gasteiger partial charge in [0.05, 0.1) is 6.26 Å². The summed E-state index contributed by atoms with van der Waals surface area (Å²) in [5.41, 5.74) is 9.75. The number of fused-ring (bicyclic) bond motifs is 1. The third-order valence-corrected chi connectivity index (χ3v) is 3.91. The van der Waals surface area contributed by atoms with E-state index in [1.807, 2.05) is 36.4 Å². The second kappa shape index (κ2) is 3.88. The minimum absolute atomic E-state index is 0.599. The molecule has 0 fully saturated rings. The predicted molar refractivity (Wildman–Crippen MR) is 74.5 cm³/mol. The zero-order valence-corrected chi connectivity index (χ0v) is 11.7. The Balaban J connectivity index is 2.37. The second-order valence-corrected chi connectivity index (χ2v) is 5.09. The van der Waals surface area contributed by atoms with Gasteiger partial charge in [0.25, 0.3) is 0 Å². The summed E-state index contributed by atoms with van der Waals surface area (Å²) < 4.78 is 8.38. The first-order valence-corrected chi connectivity index (χ1v) is 6.36. The first-order chi connectivity index (χ1) is 8.59. The number of aromatic nitrogens is 2. The van der Waals surface area contributed by atoms with Crippen molar-refractivity contribution in [2.75, 3.05) is 5.73 Å². The molecule has 0 aliphatic carbocycles. The largest absolute Gasteiger partial charge is 0.462 e. The van der Waals surface area contributed by atoms with Gasteiger partial charge < -0.3 is 10.2 Å². The van der Waals surface area contributed by atoms with Gasteiger partial charge >= 0.3 is 0 Å². The van der Waals surface area contributed by atoms with E-state index in [0.29, 0.717) is 11.5 Å². The molecule has 0 saturated heterocycles. The summed E-state index contributed by atoms with van der Waals surface area (Å²) in [5.74, 6) is 1.33. The van der Waals surface area contributed by atoms with E-state index >= 15 is 0 Å². The van der Waals surface area contributed by atoms with Gasteiger partial charge in [-0.05, 0) is 53.5 Å². The highest BCUT2D eigenvalue weighted by atomic mass is 79.9. The molecule has 0 aliphatic heterocycles. The third kappa shape index (κ3) is 1.47. The summed E-state index contributed by atoms with van der Waals surface area (Å²) in [6, 6.07) is 5.80. The van der Waals surface area contributed by atoms with Crippen LogP contribution in [0.25, 0.3) is 17.1 Å². The smallest absolute Gasteiger partial charge is 0.158 e. The van der Waals surface area contributed by atoms with Crippen molar-refractivity contribution in [1.29, 1.82) is 0 Å². The minimum atomic E-state index is 0.599. The van der Waals surface area contributed by atoms with Crippen LogP contribution < -0.4 is 5.73 Å². The monoisotopic (exact) mass is 305 g/mol. The molecular weight excluding hydrogens is 294 g/mol. The molecule has 92 valence electrons. The Morgan fingerprint density at radius 3 is 2.72 bits per heavy atom. The summed E-state index contributed by atoms with van der Waals surface area (Å²) >= 11 is 3.50. The molecule has 2 N–H and O–H groups in total. The maximum Gasteiger partial charge on any atom is 0.158 e. The molecule has 0 spiro atoms. The number of hydrogen-bond acceptors (Lipinski definition) is 3. The number of imidazole rings is 1. The highest BCUT2D eigenvalue weighted by Gasteiger charge is 2.17. The van der Waals surface area contributed by atoms with Crippen molar-refractivity contribution in [3.8, 4) is 11.5 Å². The van der Waals surface area contributed by atoms with Crippen molar-refractivity contribution in [1.82, 2.24) is 9.38 Å². The lowest BCUT2D eigenvalue weighted by molar-refractivity contribution is 0.579. The van der Waals surface area contributed by atoms with Gasteiger partial charge in [0.2, 0.25) is 0 Å².